The molecule has 5 nitrogen and oxygen atoms in total. The second-order valence-electron chi connectivity index (χ2n) is 2.46. The molecule has 0 aromatic rings. The van der Waals surface area contributed by atoms with Crippen LogP contribution in [0.5, 0.6) is 0 Å². The van der Waals surface area contributed by atoms with Gasteiger partial charge in [-0.25, -0.2) is 0 Å². The Labute approximate surface area is 71.2 Å². The Morgan fingerprint density at radius 2 is 2.67 bits per heavy atom. The van der Waals surface area contributed by atoms with E-state index in [0.29, 0.717) is 6.54 Å². The number of methoxy groups -OCH3 is 1. The van der Waals surface area contributed by atoms with E-state index in [1.54, 1.807) is 0 Å². The van der Waals surface area contributed by atoms with Gasteiger partial charge in [0.15, 0.2) is 0 Å². The molecule has 5 heteroatoms. The van der Waals surface area contributed by atoms with E-state index in [2.05, 4.69) is 20.4 Å². The van der Waals surface area contributed by atoms with Crippen LogP contribution in [0.3, 0.4) is 0 Å². The third-order valence-corrected chi connectivity index (χ3v) is 1.47. The molecule has 1 heterocycles. The minimum Gasteiger partial charge on any atom is -0.375 e. The number of carbonyl (C=O) groups excluding carboxylic acids is 1. The second kappa shape index (κ2) is 4.71. The monoisotopic (exact) mass is 171 g/mol. The summed E-state index contributed by atoms with van der Waals surface area (Å²) in [5, 5.41) is 5.72. The first-order valence-corrected chi connectivity index (χ1v) is 3.86. The van der Waals surface area contributed by atoms with Gasteiger partial charge >= 0.3 is 0 Å². The number of aliphatic imine (C=N–C) groups is 1. The summed E-state index contributed by atoms with van der Waals surface area (Å²) in [7, 11) is 1.49. The standard InChI is InChI=1S/C7H13N3O2/c1-12-5-7(11)10-4-6-8-2-3-9-6/h2-5H2,1H3,(H,8,9)(H,10,11). The Morgan fingerprint density at radius 3 is 3.25 bits per heavy atom. The summed E-state index contributed by atoms with van der Waals surface area (Å²) >= 11 is 0. The average molecular weight is 171 g/mol. The van der Waals surface area contributed by atoms with E-state index in [4.69, 9.17) is 0 Å². The van der Waals surface area contributed by atoms with Crippen molar-refractivity contribution in [3.63, 3.8) is 0 Å². The number of hydrogen-bond acceptors (Lipinski definition) is 4. The number of amidine groups is 1. The molecule has 0 aromatic carbocycles. The van der Waals surface area contributed by atoms with E-state index in [0.717, 1.165) is 18.9 Å². The van der Waals surface area contributed by atoms with Crippen LogP contribution >= 0.6 is 0 Å². The van der Waals surface area contributed by atoms with E-state index in [1.165, 1.54) is 7.11 Å². The lowest BCUT2D eigenvalue weighted by atomic mass is 10.5. The topological polar surface area (TPSA) is 62.7 Å². The van der Waals surface area contributed by atoms with Crippen molar-refractivity contribution in [3.8, 4) is 0 Å². The van der Waals surface area contributed by atoms with Gasteiger partial charge in [-0.05, 0) is 0 Å². The summed E-state index contributed by atoms with van der Waals surface area (Å²) in [4.78, 5) is 15.0. The molecule has 0 spiro atoms. The number of amides is 1. The van der Waals surface area contributed by atoms with E-state index in [-0.39, 0.29) is 12.5 Å². The van der Waals surface area contributed by atoms with Gasteiger partial charge in [0.25, 0.3) is 0 Å². The van der Waals surface area contributed by atoms with Crippen LogP contribution in [0, 0.1) is 0 Å². The molecule has 1 amide bonds. The van der Waals surface area contributed by atoms with Gasteiger partial charge in [-0.15, -0.1) is 0 Å². The van der Waals surface area contributed by atoms with E-state index in [1.807, 2.05) is 0 Å². The Kier molecular flexibility index (Phi) is 3.53. The maximum Gasteiger partial charge on any atom is 0.246 e. The van der Waals surface area contributed by atoms with E-state index in [9.17, 15) is 4.79 Å². The highest BCUT2D eigenvalue weighted by atomic mass is 16.5. The minimum absolute atomic E-state index is 0.104. The molecule has 0 aromatic heterocycles. The highest BCUT2D eigenvalue weighted by Gasteiger charge is 2.05. The molecule has 0 saturated carbocycles. The van der Waals surface area contributed by atoms with Crippen LogP contribution in [0.4, 0.5) is 0 Å². The van der Waals surface area contributed by atoms with Crippen molar-refractivity contribution in [2.75, 3.05) is 33.4 Å². The zero-order chi connectivity index (χ0) is 8.81. The molecule has 0 atom stereocenters. The number of ether oxygens (including phenoxy) is 1. The van der Waals surface area contributed by atoms with Crippen molar-refractivity contribution in [2.45, 2.75) is 0 Å². The quantitative estimate of drug-likeness (QED) is 0.555. The molecule has 1 rings (SSSR count). The van der Waals surface area contributed by atoms with Gasteiger partial charge in [0, 0.05) is 13.7 Å². The minimum atomic E-state index is -0.117. The maximum atomic E-state index is 10.9. The first-order chi connectivity index (χ1) is 5.83. The molecule has 2 N–H and O–H groups in total. The maximum absolute atomic E-state index is 10.9. The van der Waals surface area contributed by atoms with Gasteiger partial charge in [-0.3, -0.25) is 9.79 Å². The second-order valence-corrected chi connectivity index (χ2v) is 2.46. The molecule has 0 bridgehead atoms. The van der Waals surface area contributed by atoms with Crippen molar-refractivity contribution in [1.82, 2.24) is 10.6 Å². The Hall–Kier alpha value is -1.10. The summed E-state index contributed by atoms with van der Waals surface area (Å²) in [5.74, 6) is 0.730. The smallest absolute Gasteiger partial charge is 0.246 e. The fourth-order valence-electron chi connectivity index (χ4n) is 0.930. The van der Waals surface area contributed by atoms with Crippen LogP contribution in [0.25, 0.3) is 0 Å². The van der Waals surface area contributed by atoms with Crippen LogP contribution in [0.15, 0.2) is 4.99 Å². The zero-order valence-corrected chi connectivity index (χ0v) is 7.09. The summed E-state index contributed by atoms with van der Waals surface area (Å²) < 4.78 is 4.65. The van der Waals surface area contributed by atoms with E-state index >= 15 is 0 Å². The highest BCUT2D eigenvalue weighted by Crippen LogP contribution is 1.82. The first-order valence-electron chi connectivity index (χ1n) is 3.86. The fourth-order valence-corrected chi connectivity index (χ4v) is 0.930. The summed E-state index contributed by atoms with van der Waals surface area (Å²) in [5.41, 5.74) is 0. The Balaban J connectivity index is 2.12. The molecule has 68 valence electrons. The highest BCUT2D eigenvalue weighted by molar-refractivity contribution is 5.89. The van der Waals surface area contributed by atoms with Gasteiger partial charge in [0.05, 0.1) is 13.1 Å². The number of nitrogens with one attached hydrogen (secondary N) is 2. The van der Waals surface area contributed by atoms with Crippen LogP contribution in [-0.4, -0.2) is 45.1 Å². The third-order valence-electron chi connectivity index (χ3n) is 1.47. The summed E-state index contributed by atoms with van der Waals surface area (Å²) in [6.45, 7) is 2.25. The van der Waals surface area contributed by atoms with Crippen molar-refractivity contribution < 1.29 is 9.53 Å². The summed E-state index contributed by atoms with van der Waals surface area (Å²) in [6.07, 6.45) is 0. The van der Waals surface area contributed by atoms with Gasteiger partial charge in [-0.1, -0.05) is 0 Å². The first kappa shape index (κ1) is 8.99. The van der Waals surface area contributed by atoms with Crippen molar-refractivity contribution in [2.24, 2.45) is 4.99 Å². The predicted molar refractivity (Wildman–Crippen MR) is 45.2 cm³/mol. The molecule has 0 saturated heterocycles. The average Bonchev–Trinajstić information content (AvgIpc) is 2.53. The molecular formula is C7H13N3O2. The number of carbonyl (C=O) groups is 1. The zero-order valence-electron chi connectivity index (χ0n) is 7.09. The van der Waals surface area contributed by atoms with Crippen molar-refractivity contribution in [1.29, 1.82) is 0 Å². The number of rotatable bonds is 4. The lowest BCUT2D eigenvalue weighted by molar-refractivity contribution is -0.124. The SMILES string of the molecule is COCC(=O)NCC1=NCCN1. The normalized spacial score (nSPS) is 15.2. The third kappa shape index (κ3) is 2.87. The van der Waals surface area contributed by atoms with Crippen molar-refractivity contribution in [3.05, 3.63) is 0 Å². The van der Waals surface area contributed by atoms with Crippen LogP contribution < -0.4 is 10.6 Å². The van der Waals surface area contributed by atoms with Crippen molar-refractivity contribution >= 4 is 11.7 Å². The molecule has 0 aliphatic carbocycles. The molecular weight excluding hydrogens is 158 g/mol. The van der Waals surface area contributed by atoms with Crippen LogP contribution in [0.2, 0.25) is 0 Å². The molecule has 0 radical (unpaired) electrons. The number of hydrogen-bond donors (Lipinski definition) is 2. The van der Waals surface area contributed by atoms with Gasteiger partial charge < -0.3 is 15.4 Å². The molecule has 12 heavy (non-hydrogen) atoms. The predicted octanol–water partition coefficient (Wildman–Crippen LogP) is -1.25. The molecule has 1 aliphatic rings. The molecule has 1 aliphatic heterocycles. The molecule has 0 fully saturated rings. The van der Waals surface area contributed by atoms with Gasteiger partial charge in [-0.2, -0.15) is 0 Å². The van der Waals surface area contributed by atoms with Gasteiger partial charge in [0.1, 0.15) is 12.4 Å². The van der Waals surface area contributed by atoms with Crippen LogP contribution in [-0.2, 0) is 9.53 Å². The fraction of sp³-hybridized carbons (Fsp3) is 0.714. The Bertz CT molecular complexity index is 191. The summed E-state index contributed by atoms with van der Waals surface area (Å²) in [6, 6.07) is 0. The number of nitrogens with zero attached hydrogens (tertiary/aromatic N) is 1. The largest absolute Gasteiger partial charge is 0.375 e. The lowest BCUT2D eigenvalue weighted by Gasteiger charge is -2.04. The van der Waals surface area contributed by atoms with Crippen LogP contribution in [0.1, 0.15) is 0 Å². The molecule has 0 unspecified atom stereocenters. The Morgan fingerprint density at radius 1 is 1.83 bits per heavy atom. The van der Waals surface area contributed by atoms with Gasteiger partial charge in [0.2, 0.25) is 5.91 Å². The lowest BCUT2D eigenvalue weighted by Crippen LogP contribution is -2.36. The van der Waals surface area contributed by atoms with E-state index < -0.39 is 0 Å².